The molecule has 0 spiro atoms. The number of nitrogens with zero attached hydrogens (tertiary/aromatic N) is 1. The van der Waals surface area contributed by atoms with E-state index in [1.165, 1.54) is 6.42 Å². The van der Waals surface area contributed by atoms with Gasteiger partial charge in [0.1, 0.15) is 8.96 Å². The number of allylic oxidation sites excluding steroid dienone is 1. The molecule has 0 heterocycles. The highest BCUT2D eigenvalue weighted by Crippen LogP contribution is 2.20. The average Bonchev–Trinajstić information content (AvgIpc) is 2.03. The fourth-order valence-corrected chi connectivity index (χ4v) is 1.56. The molecule has 0 aromatic carbocycles. The molecule has 0 rings (SSSR count). The van der Waals surface area contributed by atoms with Crippen LogP contribution in [-0.2, 0) is 4.52 Å². The third kappa shape index (κ3) is 10.2. The maximum absolute atomic E-state index is 5.24. The topological polar surface area (TPSA) is 21.6 Å². The molecular formula is C7H15NOP2. The van der Waals surface area contributed by atoms with Gasteiger partial charge in [-0.25, -0.2) is 4.52 Å². The Kier molecular flexibility index (Phi) is 10.4. The zero-order valence-corrected chi connectivity index (χ0v) is 8.81. The van der Waals surface area contributed by atoms with E-state index >= 15 is 0 Å². The summed E-state index contributed by atoms with van der Waals surface area (Å²) >= 11 is 0. The van der Waals surface area contributed by atoms with E-state index in [0.29, 0.717) is 8.96 Å². The number of hydrogen-bond donors (Lipinski definition) is 0. The minimum absolute atomic E-state index is 0.317. The van der Waals surface area contributed by atoms with Crippen LogP contribution in [0.15, 0.2) is 17.2 Å². The molecule has 0 N–H and O–H groups in total. The minimum Gasteiger partial charge on any atom is -0.340 e. The van der Waals surface area contributed by atoms with Crippen LogP contribution in [0, 0.1) is 0 Å². The second-order valence-electron chi connectivity index (χ2n) is 2.01. The van der Waals surface area contributed by atoms with E-state index < -0.39 is 0 Å². The van der Waals surface area contributed by atoms with Crippen LogP contribution in [0.4, 0.5) is 0 Å². The van der Waals surface area contributed by atoms with Crippen molar-refractivity contribution in [3.8, 4) is 0 Å². The molecule has 11 heavy (non-hydrogen) atoms. The summed E-state index contributed by atoms with van der Waals surface area (Å²) in [5, 5.41) is 0. The van der Waals surface area contributed by atoms with Crippen LogP contribution in [0.5, 0.6) is 0 Å². The standard InChI is InChI=1S/C7H15NOP2/c1-3-5-6-9-11-8-10-7-4-2/h4,11H,2-3,5-7H2,1H3. The quantitative estimate of drug-likeness (QED) is 0.342. The average molecular weight is 191 g/mol. The molecule has 64 valence electrons. The maximum atomic E-state index is 5.24. The highest BCUT2D eigenvalue weighted by Gasteiger charge is 1.82. The van der Waals surface area contributed by atoms with E-state index in [4.69, 9.17) is 4.52 Å². The summed E-state index contributed by atoms with van der Waals surface area (Å²) < 4.78 is 9.38. The van der Waals surface area contributed by atoms with E-state index in [9.17, 15) is 0 Å². The van der Waals surface area contributed by atoms with Gasteiger partial charge < -0.3 is 4.52 Å². The van der Waals surface area contributed by atoms with Gasteiger partial charge in [-0.3, -0.25) is 0 Å². The van der Waals surface area contributed by atoms with Gasteiger partial charge in [0, 0.05) is 14.5 Å². The zero-order valence-electron chi connectivity index (χ0n) is 6.92. The predicted octanol–water partition coefficient (Wildman–Crippen LogP) is 3.63. The largest absolute Gasteiger partial charge is 0.340 e. The number of hydrogen-bond acceptors (Lipinski definition) is 2. The van der Waals surface area contributed by atoms with Crippen LogP contribution in [0.1, 0.15) is 19.8 Å². The van der Waals surface area contributed by atoms with Crippen LogP contribution in [0.3, 0.4) is 0 Å². The van der Waals surface area contributed by atoms with E-state index in [-0.39, 0.29) is 0 Å². The van der Waals surface area contributed by atoms with Crippen molar-refractivity contribution in [3.05, 3.63) is 12.7 Å². The molecule has 4 heteroatoms. The Balaban J connectivity index is 2.94. The van der Waals surface area contributed by atoms with Crippen molar-refractivity contribution >= 4 is 17.3 Å². The van der Waals surface area contributed by atoms with Crippen LogP contribution >= 0.6 is 17.3 Å². The Bertz CT molecular complexity index is 117. The molecule has 0 aromatic rings. The smallest absolute Gasteiger partial charge is 0.141 e. The summed E-state index contributed by atoms with van der Waals surface area (Å²) in [6.07, 6.45) is 5.13. The highest BCUT2D eigenvalue weighted by molar-refractivity contribution is 7.41. The van der Waals surface area contributed by atoms with Gasteiger partial charge in [-0.1, -0.05) is 19.4 Å². The van der Waals surface area contributed by atoms with Gasteiger partial charge in [0.25, 0.3) is 0 Å². The van der Waals surface area contributed by atoms with Crippen molar-refractivity contribution in [1.29, 1.82) is 0 Å². The third-order valence-electron chi connectivity index (χ3n) is 0.987. The van der Waals surface area contributed by atoms with Gasteiger partial charge in [-0.2, -0.15) is 0 Å². The van der Waals surface area contributed by atoms with E-state index in [1.54, 1.807) is 0 Å². The molecule has 0 saturated carbocycles. The van der Waals surface area contributed by atoms with Crippen LogP contribution in [0.25, 0.3) is 0 Å². The van der Waals surface area contributed by atoms with Gasteiger partial charge in [-0.05, 0) is 6.42 Å². The molecule has 0 amide bonds. The van der Waals surface area contributed by atoms with E-state index in [0.717, 1.165) is 27.6 Å². The fraction of sp³-hybridized carbons (Fsp3) is 0.714. The lowest BCUT2D eigenvalue weighted by Crippen LogP contribution is -1.80. The molecule has 1 atom stereocenters. The van der Waals surface area contributed by atoms with Gasteiger partial charge in [-0.15, -0.1) is 6.58 Å². The molecule has 0 aromatic heterocycles. The number of unbranched alkanes of at least 4 members (excludes halogenated alkanes) is 1. The summed E-state index contributed by atoms with van der Waals surface area (Å²) in [4.78, 5) is 0. The third-order valence-corrected chi connectivity index (χ3v) is 2.63. The predicted molar refractivity (Wildman–Crippen MR) is 53.6 cm³/mol. The van der Waals surface area contributed by atoms with Gasteiger partial charge in [0.2, 0.25) is 0 Å². The second-order valence-corrected chi connectivity index (χ2v) is 3.93. The SMILES string of the molecule is C=CCP=NPOCCCC. The molecule has 0 aliphatic carbocycles. The summed E-state index contributed by atoms with van der Waals surface area (Å²) in [6.45, 7) is 6.60. The lowest BCUT2D eigenvalue weighted by atomic mass is 10.4. The monoisotopic (exact) mass is 191 g/mol. The summed E-state index contributed by atoms with van der Waals surface area (Å²) in [5.41, 5.74) is 0. The first kappa shape index (κ1) is 11.2. The first-order valence-corrected chi connectivity index (χ1v) is 5.64. The Hall–Kier alpha value is 0.230. The highest BCUT2D eigenvalue weighted by atomic mass is 31.1. The molecule has 2 nitrogen and oxygen atoms in total. The molecule has 1 unspecified atom stereocenters. The van der Waals surface area contributed by atoms with Crippen LogP contribution in [0.2, 0.25) is 0 Å². The van der Waals surface area contributed by atoms with Crippen molar-refractivity contribution in [2.24, 2.45) is 4.52 Å². The first-order valence-electron chi connectivity index (χ1n) is 3.76. The fourth-order valence-electron chi connectivity index (χ4n) is 0.418. The van der Waals surface area contributed by atoms with Gasteiger partial charge >= 0.3 is 0 Å². The van der Waals surface area contributed by atoms with Crippen LogP contribution < -0.4 is 0 Å². The molecule has 0 bridgehead atoms. The van der Waals surface area contributed by atoms with E-state index in [2.05, 4.69) is 18.0 Å². The van der Waals surface area contributed by atoms with Crippen molar-refractivity contribution < 1.29 is 4.52 Å². The zero-order chi connectivity index (χ0) is 8.36. The summed E-state index contributed by atoms with van der Waals surface area (Å²) in [7, 11) is 1.39. The normalized spacial score (nSPS) is 11.7. The first-order chi connectivity index (χ1) is 5.41. The molecule has 0 radical (unpaired) electrons. The Morgan fingerprint density at radius 1 is 1.73 bits per heavy atom. The van der Waals surface area contributed by atoms with Crippen LogP contribution in [-0.4, -0.2) is 12.8 Å². The van der Waals surface area contributed by atoms with Gasteiger partial charge in [0.05, 0.1) is 6.61 Å². The van der Waals surface area contributed by atoms with E-state index in [1.807, 2.05) is 6.08 Å². The van der Waals surface area contributed by atoms with Gasteiger partial charge in [0.15, 0.2) is 0 Å². The Labute approximate surface area is 72.2 Å². The van der Waals surface area contributed by atoms with Crippen molar-refractivity contribution in [2.75, 3.05) is 12.8 Å². The lowest BCUT2D eigenvalue weighted by Gasteiger charge is -1.95. The minimum atomic E-state index is 0.317. The van der Waals surface area contributed by atoms with Crippen molar-refractivity contribution in [2.45, 2.75) is 19.8 Å². The molecule has 0 aliphatic heterocycles. The summed E-state index contributed by atoms with van der Waals surface area (Å²) in [5.74, 6) is 0. The molecule has 0 saturated heterocycles. The Morgan fingerprint density at radius 3 is 3.18 bits per heavy atom. The Morgan fingerprint density at radius 2 is 2.55 bits per heavy atom. The van der Waals surface area contributed by atoms with Crippen molar-refractivity contribution in [3.63, 3.8) is 0 Å². The maximum Gasteiger partial charge on any atom is 0.141 e. The number of rotatable bonds is 7. The van der Waals surface area contributed by atoms with Crippen molar-refractivity contribution in [1.82, 2.24) is 0 Å². The summed E-state index contributed by atoms with van der Waals surface area (Å²) in [6, 6.07) is 0. The molecular weight excluding hydrogens is 176 g/mol. The molecule has 0 aliphatic rings. The second kappa shape index (κ2) is 10.2. The molecule has 0 fully saturated rings. The lowest BCUT2D eigenvalue weighted by molar-refractivity contribution is 0.352.